The molecule has 0 atom stereocenters. The Kier molecular flexibility index (Phi) is 2.95. The lowest BCUT2D eigenvalue weighted by molar-refractivity contribution is -0.404. The van der Waals surface area contributed by atoms with E-state index in [9.17, 15) is 34.7 Å². The fourth-order valence-corrected chi connectivity index (χ4v) is 1.27. The highest BCUT2D eigenvalue weighted by molar-refractivity contribution is 5.87. The third kappa shape index (κ3) is 1.70. The van der Waals surface area contributed by atoms with Crippen molar-refractivity contribution in [3.05, 3.63) is 36.2 Å². The number of nitrogens with zero attached hydrogens (tertiary/aromatic N) is 3. The van der Waals surface area contributed by atoms with Crippen LogP contribution in [0.1, 0.15) is 0 Å². The highest BCUT2D eigenvalue weighted by Gasteiger charge is 2.40. The van der Waals surface area contributed by atoms with Crippen molar-refractivity contribution >= 4 is 28.4 Å². The molecule has 1 rings (SSSR count). The molecule has 0 bridgehead atoms. The molecule has 0 saturated carbocycles. The molecular formula is C6H4FN5O6. The van der Waals surface area contributed by atoms with Crippen LogP contribution < -0.4 is 11.5 Å². The van der Waals surface area contributed by atoms with Gasteiger partial charge in [0.25, 0.3) is 5.82 Å². The number of hydrogen-bond donors (Lipinski definition) is 2. The molecule has 0 radical (unpaired) electrons. The minimum atomic E-state index is -1.93. The Morgan fingerprint density at radius 1 is 0.778 bits per heavy atom. The van der Waals surface area contributed by atoms with Gasteiger partial charge in [0.1, 0.15) is 0 Å². The van der Waals surface area contributed by atoms with E-state index in [-0.39, 0.29) is 0 Å². The summed E-state index contributed by atoms with van der Waals surface area (Å²) in [7, 11) is 0. The van der Waals surface area contributed by atoms with Crippen molar-refractivity contribution in [3.63, 3.8) is 0 Å². The molecule has 0 amide bonds. The van der Waals surface area contributed by atoms with E-state index in [0.29, 0.717) is 0 Å². The predicted octanol–water partition coefficient (Wildman–Crippen LogP) is 0.715. The summed E-state index contributed by atoms with van der Waals surface area (Å²) in [5, 5.41) is 31.6. The number of rotatable bonds is 3. The maximum absolute atomic E-state index is 13.5. The van der Waals surface area contributed by atoms with Gasteiger partial charge >= 0.3 is 17.1 Å². The molecule has 4 N–H and O–H groups in total. The van der Waals surface area contributed by atoms with E-state index < -0.39 is 49.0 Å². The zero-order valence-corrected chi connectivity index (χ0v) is 8.32. The number of nitro benzene ring substituents is 3. The van der Waals surface area contributed by atoms with Crippen LogP contribution in [0.5, 0.6) is 0 Å². The summed E-state index contributed by atoms with van der Waals surface area (Å²) in [5.74, 6) is -1.93. The molecule has 0 aliphatic rings. The minimum absolute atomic E-state index is 1.18. The fraction of sp³-hybridized carbons (Fsp3) is 0. The summed E-state index contributed by atoms with van der Waals surface area (Å²) >= 11 is 0. The monoisotopic (exact) mass is 261 g/mol. The number of nitrogen functional groups attached to an aromatic ring is 2. The summed E-state index contributed by atoms with van der Waals surface area (Å²) in [4.78, 5) is 27.5. The van der Waals surface area contributed by atoms with Gasteiger partial charge in [-0.25, -0.2) is 0 Å². The zero-order valence-electron chi connectivity index (χ0n) is 8.32. The highest BCUT2D eigenvalue weighted by Crippen LogP contribution is 2.45. The first kappa shape index (κ1) is 13.0. The van der Waals surface area contributed by atoms with Gasteiger partial charge in [-0.1, -0.05) is 0 Å². The van der Waals surface area contributed by atoms with Crippen LogP contribution in [0.15, 0.2) is 0 Å². The van der Waals surface area contributed by atoms with Gasteiger partial charge in [-0.2, -0.15) is 4.39 Å². The molecule has 1 aromatic carbocycles. The Labute approximate surface area is 96.2 Å². The molecular weight excluding hydrogens is 257 g/mol. The fourth-order valence-electron chi connectivity index (χ4n) is 1.27. The Bertz CT molecular complexity index is 484. The molecule has 0 aromatic heterocycles. The van der Waals surface area contributed by atoms with Crippen molar-refractivity contribution in [2.75, 3.05) is 11.5 Å². The summed E-state index contributed by atoms with van der Waals surface area (Å²) < 4.78 is 13.5. The zero-order chi connectivity index (χ0) is 14.2. The molecule has 0 aliphatic carbocycles. The molecule has 0 fully saturated rings. The number of hydrogen-bond acceptors (Lipinski definition) is 8. The van der Waals surface area contributed by atoms with E-state index in [2.05, 4.69) is 0 Å². The van der Waals surface area contributed by atoms with Gasteiger partial charge in [-0.05, 0) is 0 Å². The second kappa shape index (κ2) is 4.08. The van der Waals surface area contributed by atoms with Crippen LogP contribution >= 0.6 is 0 Å². The quantitative estimate of drug-likeness (QED) is 0.452. The minimum Gasteiger partial charge on any atom is -0.387 e. The lowest BCUT2D eigenvalue weighted by Crippen LogP contribution is -2.10. The average Bonchev–Trinajstić information content (AvgIpc) is 2.14. The summed E-state index contributed by atoms with van der Waals surface area (Å²) in [6.07, 6.45) is 0. The van der Waals surface area contributed by atoms with Crippen molar-refractivity contribution in [2.45, 2.75) is 0 Å². The van der Waals surface area contributed by atoms with E-state index in [4.69, 9.17) is 11.5 Å². The van der Waals surface area contributed by atoms with Crippen LogP contribution in [0, 0.1) is 36.2 Å². The number of anilines is 2. The molecule has 0 heterocycles. The molecule has 0 spiro atoms. The first-order chi connectivity index (χ1) is 8.20. The van der Waals surface area contributed by atoms with Crippen LogP contribution in [0.4, 0.5) is 32.8 Å². The van der Waals surface area contributed by atoms with E-state index in [1.54, 1.807) is 0 Å². The Morgan fingerprint density at radius 2 is 1.06 bits per heavy atom. The van der Waals surface area contributed by atoms with Crippen LogP contribution in [0.2, 0.25) is 0 Å². The van der Waals surface area contributed by atoms with Gasteiger partial charge in [0.2, 0.25) is 0 Å². The normalized spacial score (nSPS) is 10.1. The Morgan fingerprint density at radius 3 is 1.28 bits per heavy atom. The Balaban J connectivity index is 3.94. The average molecular weight is 261 g/mol. The lowest BCUT2D eigenvalue weighted by atomic mass is 10.1. The van der Waals surface area contributed by atoms with Crippen LogP contribution in [-0.2, 0) is 0 Å². The van der Waals surface area contributed by atoms with Gasteiger partial charge < -0.3 is 11.5 Å². The summed E-state index contributed by atoms with van der Waals surface area (Å²) in [5.41, 5.74) is 3.33. The highest BCUT2D eigenvalue weighted by atomic mass is 19.1. The maximum Gasteiger partial charge on any atom is 0.341 e. The Hall–Kier alpha value is -3.05. The molecule has 1 aromatic rings. The standard InChI is InChI=1S/C6H4FN5O6/c7-1-4(10(13)14)2(8)6(12(17)18)3(9)5(1)11(15)16/h8-9H2. The third-order valence-corrected chi connectivity index (χ3v) is 1.98. The topological polar surface area (TPSA) is 181 Å². The first-order valence-corrected chi connectivity index (χ1v) is 4.03. The smallest absolute Gasteiger partial charge is 0.341 e. The molecule has 12 heteroatoms. The van der Waals surface area contributed by atoms with Gasteiger partial charge in [-0.3, -0.25) is 30.3 Å². The molecule has 96 valence electrons. The van der Waals surface area contributed by atoms with Crippen molar-refractivity contribution in [2.24, 2.45) is 0 Å². The first-order valence-electron chi connectivity index (χ1n) is 4.03. The van der Waals surface area contributed by atoms with Gasteiger partial charge in [0, 0.05) is 0 Å². The van der Waals surface area contributed by atoms with Crippen molar-refractivity contribution in [1.29, 1.82) is 0 Å². The maximum atomic E-state index is 13.5. The molecule has 18 heavy (non-hydrogen) atoms. The van der Waals surface area contributed by atoms with Gasteiger partial charge in [-0.15, -0.1) is 0 Å². The van der Waals surface area contributed by atoms with Crippen LogP contribution in [0.3, 0.4) is 0 Å². The van der Waals surface area contributed by atoms with Gasteiger partial charge in [0.05, 0.1) is 14.8 Å². The second-order valence-corrected chi connectivity index (χ2v) is 2.96. The van der Waals surface area contributed by atoms with Crippen molar-refractivity contribution in [3.8, 4) is 0 Å². The predicted molar refractivity (Wildman–Crippen MR) is 55.2 cm³/mol. The molecule has 0 aliphatic heterocycles. The largest absolute Gasteiger partial charge is 0.387 e. The van der Waals surface area contributed by atoms with E-state index in [1.807, 2.05) is 0 Å². The number of halogens is 1. The van der Waals surface area contributed by atoms with E-state index in [1.165, 1.54) is 0 Å². The van der Waals surface area contributed by atoms with Crippen LogP contribution in [0.25, 0.3) is 0 Å². The molecule has 0 unspecified atom stereocenters. The van der Waals surface area contributed by atoms with E-state index in [0.717, 1.165) is 0 Å². The lowest BCUT2D eigenvalue weighted by Gasteiger charge is -2.04. The van der Waals surface area contributed by atoms with Crippen LogP contribution in [-0.4, -0.2) is 14.8 Å². The number of nitro groups is 3. The SMILES string of the molecule is Nc1c([N+](=O)[O-])c(N)c([N+](=O)[O-])c(F)c1[N+](=O)[O-]. The van der Waals surface area contributed by atoms with E-state index >= 15 is 0 Å². The molecule has 0 saturated heterocycles. The number of benzene rings is 1. The van der Waals surface area contributed by atoms with Crippen molar-refractivity contribution in [1.82, 2.24) is 0 Å². The van der Waals surface area contributed by atoms with Gasteiger partial charge in [0.15, 0.2) is 11.4 Å². The second-order valence-electron chi connectivity index (χ2n) is 2.96. The number of nitrogens with two attached hydrogens (primary N) is 2. The summed E-state index contributed by atoms with van der Waals surface area (Å²) in [6.45, 7) is 0. The summed E-state index contributed by atoms with van der Waals surface area (Å²) in [6, 6.07) is 0. The van der Waals surface area contributed by atoms with Crippen molar-refractivity contribution < 1.29 is 19.2 Å². The third-order valence-electron chi connectivity index (χ3n) is 1.98. The molecule has 11 nitrogen and oxygen atoms in total.